The van der Waals surface area contributed by atoms with E-state index in [0.717, 1.165) is 51.4 Å². The van der Waals surface area contributed by atoms with E-state index in [1.54, 1.807) is 29.6 Å². The van der Waals surface area contributed by atoms with Crippen molar-refractivity contribution >= 4 is 45.2 Å². The largest absolute Gasteiger partial charge is 0.489 e. The Balaban J connectivity index is 1.48. The van der Waals surface area contributed by atoms with Crippen LogP contribution in [0.2, 0.25) is 0 Å². The van der Waals surface area contributed by atoms with Crippen LogP contribution < -0.4 is 10.1 Å². The highest BCUT2D eigenvalue weighted by Crippen LogP contribution is 2.42. The molecule has 3 aromatic rings. The first-order valence-electron chi connectivity index (χ1n) is 11.7. The molecule has 0 fully saturated rings. The van der Waals surface area contributed by atoms with Gasteiger partial charge in [0.1, 0.15) is 22.7 Å². The van der Waals surface area contributed by atoms with E-state index in [0.29, 0.717) is 19.5 Å². The van der Waals surface area contributed by atoms with E-state index in [9.17, 15) is 9.90 Å². The molecule has 1 atom stereocenters. The first-order chi connectivity index (χ1) is 16.4. The van der Waals surface area contributed by atoms with Gasteiger partial charge in [-0.15, -0.1) is 11.3 Å². The molecule has 0 saturated carbocycles. The molecule has 0 saturated heterocycles. The number of rotatable bonds is 7. The maximum absolute atomic E-state index is 12.8. The minimum absolute atomic E-state index is 0.0230. The van der Waals surface area contributed by atoms with Crippen LogP contribution in [-0.2, 0) is 24.2 Å². The number of carbonyl (C=O) groups excluding carboxylic acids is 1. The Kier molecular flexibility index (Phi) is 6.22. The molecule has 8 nitrogen and oxygen atoms in total. The number of aliphatic hydroxyl groups excluding tert-OH is 1. The van der Waals surface area contributed by atoms with Gasteiger partial charge in [0.15, 0.2) is 0 Å². The summed E-state index contributed by atoms with van der Waals surface area (Å²) in [6.45, 7) is 5.04. The lowest BCUT2D eigenvalue weighted by Crippen LogP contribution is -2.37. The summed E-state index contributed by atoms with van der Waals surface area (Å²) in [5, 5.41) is 13.7. The van der Waals surface area contributed by atoms with Gasteiger partial charge in [0.25, 0.3) is 0 Å². The summed E-state index contributed by atoms with van der Waals surface area (Å²) >= 11 is 1.64. The van der Waals surface area contributed by atoms with Crippen molar-refractivity contribution in [1.29, 1.82) is 0 Å². The van der Waals surface area contributed by atoms with E-state index in [2.05, 4.69) is 32.4 Å². The number of aliphatic hydroxyl groups is 1. The van der Waals surface area contributed by atoms with Crippen LogP contribution in [0.3, 0.4) is 0 Å². The monoisotopic (exact) mass is 479 g/mol. The molecule has 2 aliphatic rings. The van der Waals surface area contributed by atoms with Gasteiger partial charge in [-0.3, -0.25) is 9.79 Å². The van der Waals surface area contributed by atoms with E-state index < -0.39 is 0 Å². The average molecular weight is 480 g/mol. The second kappa shape index (κ2) is 9.31. The summed E-state index contributed by atoms with van der Waals surface area (Å²) in [5.74, 6) is 1.57. The number of benzene rings is 1. The number of thiophene rings is 1. The van der Waals surface area contributed by atoms with E-state index in [4.69, 9.17) is 4.74 Å². The Hall–Kier alpha value is -3.04. The molecule has 5 rings (SSSR count). The number of hydrogen-bond acceptors (Lipinski definition) is 8. The number of anilines is 2. The second-order valence-corrected chi connectivity index (χ2v) is 10.2. The SMILES string of the molecule is CC(C)Oc1cc2c(cc1Nc1ncnc3sc4c(c13)CC[C@H](C(=O)N(C)CCO)C4)C=NC2. The molecular formula is C25H29N5O3S. The molecule has 1 aliphatic carbocycles. The van der Waals surface area contributed by atoms with Crippen molar-refractivity contribution in [3.05, 3.63) is 40.0 Å². The number of aryl methyl sites for hydroxylation is 1. The molecule has 0 radical (unpaired) electrons. The van der Waals surface area contributed by atoms with Crippen molar-refractivity contribution < 1.29 is 14.6 Å². The number of likely N-dealkylation sites (N-methyl/N-ethyl adjacent to an activating group) is 1. The zero-order chi connectivity index (χ0) is 23.8. The van der Waals surface area contributed by atoms with E-state index >= 15 is 0 Å². The second-order valence-electron chi connectivity index (χ2n) is 9.14. The number of aliphatic imine (C=N–C) groups is 1. The summed E-state index contributed by atoms with van der Waals surface area (Å²) in [7, 11) is 1.75. The van der Waals surface area contributed by atoms with Gasteiger partial charge < -0.3 is 20.1 Å². The predicted octanol–water partition coefficient (Wildman–Crippen LogP) is 3.71. The topological polar surface area (TPSA) is 99.9 Å². The van der Waals surface area contributed by atoms with Crippen LogP contribution >= 0.6 is 11.3 Å². The third kappa shape index (κ3) is 4.25. The molecule has 178 valence electrons. The summed E-state index contributed by atoms with van der Waals surface area (Å²) < 4.78 is 6.11. The van der Waals surface area contributed by atoms with Gasteiger partial charge in [-0.25, -0.2) is 9.97 Å². The number of nitrogens with one attached hydrogen (secondary N) is 1. The fourth-order valence-corrected chi connectivity index (χ4v) is 5.97. The molecule has 9 heteroatoms. The van der Waals surface area contributed by atoms with Gasteiger partial charge in [-0.2, -0.15) is 0 Å². The molecule has 2 N–H and O–H groups in total. The number of aromatic nitrogens is 2. The van der Waals surface area contributed by atoms with E-state index in [1.807, 2.05) is 20.1 Å². The van der Waals surface area contributed by atoms with Crippen LogP contribution in [0, 0.1) is 5.92 Å². The number of carbonyl (C=O) groups is 1. The maximum Gasteiger partial charge on any atom is 0.225 e. The van der Waals surface area contributed by atoms with E-state index in [1.165, 1.54) is 10.4 Å². The Labute approximate surface area is 202 Å². The molecule has 0 bridgehead atoms. The molecule has 1 amide bonds. The molecule has 3 heterocycles. The average Bonchev–Trinajstić information content (AvgIpc) is 3.42. The highest BCUT2D eigenvalue weighted by molar-refractivity contribution is 7.19. The molecule has 1 aliphatic heterocycles. The van der Waals surface area contributed by atoms with Gasteiger partial charge in [-0.05, 0) is 61.9 Å². The van der Waals surface area contributed by atoms with Gasteiger partial charge in [-0.1, -0.05) is 0 Å². The molecule has 2 aromatic heterocycles. The van der Waals surface area contributed by atoms with Crippen LogP contribution in [0.5, 0.6) is 5.75 Å². The molecule has 0 unspecified atom stereocenters. The Morgan fingerprint density at radius 3 is 3.00 bits per heavy atom. The molecular weight excluding hydrogens is 450 g/mol. The lowest BCUT2D eigenvalue weighted by molar-refractivity contribution is -0.135. The van der Waals surface area contributed by atoms with Crippen molar-refractivity contribution in [3.63, 3.8) is 0 Å². The third-order valence-electron chi connectivity index (χ3n) is 6.36. The number of hydrogen-bond donors (Lipinski definition) is 2. The van der Waals surface area contributed by atoms with E-state index in [-0.39, 0.29) is 24.5 Å². The standard InChI is InChI=1S/C25H29N5O3S/c1-14(2)33-20-9-17-12-26-11-16(17)8-19(20)29-23-22-18-5-4-15(25(32)30(3)6-7-31)10-21(18)34-24(22)28-13-27-23/h8-9,11,13-15,31H,4-7,10,12H2,1-3H3,(H,27,28,29)/t15-/m0/s1. The zero-order valence-electron chi connectivity index (χ0n) is 19.7. The summed E-state index contributed by atoms with van der Waals surface area (Å²) in [6, 6.07) is 4.13. The Morgan fingerprint density at radius 2 is 2.21 bits per heavy atom. The van der Waals surface area contributed by atoms with Crippen molar-refractivity contribution in [2.75, 3.05) is 25.5 Å². The van der Waals surface area contributed by atoms with Crippen LogP contribution in [0.4, 0.5) is 11.5 Å². The van der Waals surface area contributed by atoms with Crippen molar-refractivity contribution in [3.8, 4) is 5.75 Å². The lowest BCUT2D eigenvalue weighted by atomic mass is 9.87. The Morgan fingerprint density at radius 1 is 1.35 bits per heavy atom. The minimum atomic E-state index is -0.0662. The van der Waals surface area contributed by atoms with Crippen molar-refractivity contribution in [2.45, 2.75) is 45.8 Å². The normalized spacial score (nSPS) is 16.6. The molecule has 1 aromatic carbocycles. The van der Waals surface area contributed by atoms with Crippen LogP contribution in [0.25, 0.3) is 10.2 Å². The minimum Gasteiger partial charge on any atom is -0.489 e. The van der Waals surface area contributed by atoms with Crippen LogP contribution in [0.15, 0.2) is 23.5 Å². The lowest BCUT2D eigenvalue weighted by Gasteiger charge is -2.26. The highest BCUT2D eigenvalue weighted by Gasteiger charge is 2.30. The fourth-order valence-electron chi connectivity index (χ4n) is 4.70. The van der Waals surface area contributed by atoms with Crippen LogP contribution in [-0.4, -0.2) is 58.4 Å². The summed E-state index contributed by atoms with van der Waals surface area (Å²) in [5.41, 5.74) is 4.33. The highest BCUT2D eigenvalue weighted by atomic mass is 32.1. The molecule has 0 spiro atoms. The Bertz CT molecular complexity index is 1270. The molecule has 34 heavy (non-hydrogen) atoms. The first-order valence-corrected chi connectivity index (χ1v) is 12.5. The van der Waals surface area contributed by atoms with Gasteiger partial charge in [0.05, 0.1) is 30.3 Å². The van der Waals surface area contributed by atoms with Gasteiger partial charge >= 0.3 is 0 Å². The third-order valence-corrected chi connectivity index (χ3v) is 7.52. The number of ether oxygens (including phenoxy) is 1. The number of amides is 1. The zero-order valence-corrected chi connectivity index (χ0v) is 20.5. The smallest absolute Gasteiger partial charge is 0.225 e. The number of fused-ring (bicyclic) bond motifs is 4. The first kappa shape index (κ1) is 22.7. The van der Waals surface area contributed by atoms with Gasteiger partial charge in [0, 0.05) is 30.6 Å². The summed E-state index contributed by atoms with van der Waals surface area (Å²) in [6.07, 6.45) is 5.79. The predicted molar refractivity (Wildman–Crippen MR) is 134 cm³/mol. The quantitative estimate of drug-likeness (QED) is 0.536. The van der Waals surface area contributed by atoms with Gasteiger partial charge in [0.2, 0.25) is 5.91 Å². The van der Waals surface area contributed by atoms with Crippen molar-refractivity contribution in [2.24, 2.45) is 10.9 Å². The fraction of sp³-hybridized carbons (Fsp3) is 0.440. The van der Waals surface area contributed by atoms with Crippen molar-refractivity contribution in [1.82, 2.24) is 14.9 Å². The van der Waals surface area contributed by atoms with Crippen LogP contribution in [0.1, 0.15) is 41.8 Å². The maximum atomic E-state index is 12.8. The number of nitrogens with zero attached hydrogens (tertiary/aromatic N) is 4. The summed E-state index contributed by atoms with van der Waals surface area (Å²) in [4.78, 5) is 30.1.